The van der Waals surface area contributed by atoms with E-state index in [2.05, 4.69) is 22.0 Å². The molecule has 0 radical (unpaired) electrons. The van der Waals surface area contributed by atoms with Crippen molar-refractivity contribution in [3.8, 4) is 0 Å². The molecular weight excluding hydrogens is 309 g/mol. The van der Waals surface area contributed by atoms with E-state index in [9.17, 15) is 4.39 Å². The van der Waals surface area contributed by atoms with Crippen LogP contribution in [0, 0.1) is 12.7 Å². The van der Waals surface area contributed by atoms with E-state index in [1.54, 1.807) is 19.2 Å². The van der Waals surface area contributed by atoms with Gasteiger partial charge in [-0.15, -0.1) is 0 Å². The summed E-state index contributed by atoms with van der Waals surface area (Å²) in [6.45, 7) is 4.86. The number of aryl methyl sites for hydroxylation is 2. The minimum absolute atomic E-state index is 0.0821. The molecule has 24 heavy (non-hydrogen) atoms. The number of rotatable bonds is 6. The summed E-state index contributed by atoms with van der Waals surface area (Å²) in [5, 5.41) is 3.91. The lowest BCUT2D eigenvalue weighted by Gasteiger charge is -2.28. The van der Waals surface area contributed by atoms with Gasteiger partial charge in [-0.1, -0.05) is 17.3 Å². The summed E-state index contributed by atoms with van der Waals surface area (Å²) in [4.78, 5) is 6.76. The van der Waals surface area contributed by atoms with E-state index >= 15 is 0 Å². The molecule has 2 aromatic rings. The lowest BCUT2D eigenvalue weighted by molar-refractivity contribution is 0.0992. The molecule has 2 heterocycles. The summed E-state index contributed by atoms with van der Waals surface area (Å²) < 4.78 is 24.3. The van der Waals surface area contributed by atoms with Crippen LogP contribution in [0.2, 0.25) is 0 Å². The van der Waals surface area contributed by atoms with Gasteiger partial charge in [0, 0.05) is 19.7 Å². The smallest absolute Gasteiger partial charge is 0.244 e. The number of hydrogen-bond donors (Lipinski definition) is 0. The number of likely N-dealkylation sites (tertiary alicyclic amines) is 1. The second-order valence-electron chi connectivity index (χ2n) is 6.50. The third-order valence-corrected chi connectivity index (χ3v) is 4.77. The summed E-state index contributed by atoms with van der Waals surface area (Å²) in [6, 6.07) is 7.20. The molecular formula is C18H24FN3O2. The molecule has 0 spiro atoms. The highest BCUT2D eigenvalue weighted by Crippen LogP contribution is 2.35. The van der Waals surface area contributed by atoms with Gasteiger partial charge in [0.15, 0.2) is 5.82 Å². The van der Waals surface area contributed by atoms with Crippen molar-refractivity contribution in [2.24, 2.45) is 0 Å². The quantitative estimate of drug-likeness (QED) is 0.812. The van der Waals surface area contributed by atoms with Gasteiger partial charge in [0.1, 0.15) is 5.82 Å². The highest BCUT2D eigenvalue weighted by atomic mass is 19.1. The van der Waals surface area contributed by atoms with Gasteiger partial charge in [-0.25, -0.2) is 4.39 Å². The zero-order valence-corrected chi connectivity index (χ0v) is 14.4. The predicted molar refractivity (Wildman–Crippen MR) is 88.1 cm³/mol. The first kappa shape index (κ1) is 17.0. The lowest BCUT2D eigenvalue weighted by atomic mass is 10.0. The fourth-order valence-corrected chi connectivity index (χ4v) is 3.40. The second kappa shape index (κ2) is 7.40. The van der Waals surface area contributed by atoms with E-state index in [0.717, 1.165) is 31.4 Å². The van der Waals surface area contributed by atoms with E-state index in [1.165, 1.54) is 6.07 Å². The first-order chi connectivity index (χ1) is 11.6. The van der Waals surface area contributed by atoms with Gasteiger partial charge >= 0.3 is 0 Å². The average molecular weight is 333 g/mol. The van der Waals surface area contributed by atoms with E-state index in [-0.39, 0.29) is 18.0 Å². The minimum atomic E-state index is -0.181. The van der Waals surface area contributed by atoms with Crippen LogP contribution in [0.5, 0.6) is 0 Å². The summed E-state index contributed by atoms with van der Waals surface area (Å²) in [5.41, 5.74) is 1.02. The molecule has 6 heteroatoms. The Morgan fingerprint density at radius 1 is 1.46 bits per heavy atom. The molecule has 1 aromatic heterocycles. The third kappa shape index (κ3) is 3.82. The van der Waals surface area contributed by atoms with Crippen molar-refractivity contribution in [2.45, 2.75) is 51.3 Å². The Kier molecular flexibility index (Phi) is 5.26. The number of hydrogen-bond acceptors (Lipinski definition) is 5. The Labute approximate surface area is 141 Å². The van der Waals surface area contributed by atoms with E-state index in [0.29, 0.717) is 17.8 Å². The number of methoxy groups -OCH3 is 1. The van der Waals surface area contributed by atoms with Crippen LogP contribution in [0.4, 0.5) is 4.39 Å². The number of nitrogens with zero attached hydrogens (tertiary/aromatic N) is 3. The van der Waals surface area contributed by atoms with Gasteiger partial charge in [-0.2, -0.15) is 4.98 Å². The normalized spacial score (nSPS) is 22.8. The first-order valence-electron chi connectivity index (χ1n) is 8.40. The van der Waals surface area contributed by atoms with Crippen molar-refractivity contribution in [3.05, 3.63) is 47.4 Å². The molecule has 1 fully saturated rings. The topological polar surface area (TPSA) is 51.4 Å². The predicted octanol–water partition coefficient (Wildman–Crippen LogP) is 3.30. The number of aromatic nitrogens is 2. The molecule has 0 unspecified atom stereocenters. The van der Waals surface area contributed by atoms with Gasteiger partial charge in [-0.3, -0.25) is 4.90 Å². The third-order valence-electron chi connectivity index (χ3n) is 4.77. The maximum Gasteiger partial charge on any atom is 0.244 e. The molecule has 1 aliphatic heterocycles. The Morgan fingerprint density at radius 3 is 2.96 bits per heavy atom. The summed E-state index contributed by atoms with van der Waals surface area (Å²) in [7, 11) is 1.74. The molecule has 1 aliphatic rings. The molecule has 1 aromatic carbocycles. The van der Waals surface area contributed by atoms with Crippen molar-refractivity contribution in [1.82, 2.24) is 15.0 Å². The maximum absolute atomic E-state index is 13.3. The second-order valence-corrected chi connectivity index (χ2v) is 6.50. The zero-order chi connectivity index (χ0) is 17.1. The largest absolute Gasteiger partial charge is 0.380 e. The van der Waals surface area contributed by atoms with Gasteiger partial charge in [-0.05, 0) is 50.8 Å². The molecule has 0 N–H and O–H groups in total. The number of halogens is 1. The fourth-order valence-electron chi connectivity index (χ4n) is 3.40. The van der Waals surface area contributed by atoms with Crippen molar-refractivity contribution in [2.75, 3.05) is 13.7 Å². The maximum atomic E-state index is 13.3. The van der Waals surface area contributed by atoms with Crippen molar-refractivity contribution in [3.63, 3.8) is 0 Å². The summed E-state index contributed by atoms with van der Waals surface area (Å²) >= 11 is 0. The van der Waals surface area contributed by atoms with Crippen LogP contribution >= 0.6 is 0 Å². The van der Waals surface area contributed by atoms with Crippen LogP contribution in [-0.4, -0.2) is 40.8 Å². The molecule has 5 nitrogen and oxygen atoms in total. The van der Waals surface area contributed by atoms with Gasteiger partial charge in [0.05, 0.1) is 12.1 Å². The van der Waals surface area contributed by atoms with Crippen LogP contribution in [0.3, 0.4) is 0 Å². The molecule has 0 saturated carbocycles. The molecule has 1 saturated heterocycles. The van der Waals surface area contributed by atoms with Crippen molar-refractivity contribution < 1.29 is 13.7 Å². The van der Waals surface area contributed by atoms with E-state index in [4.69, 9.17) is 9.26 Å². The Balaban J connectivity index is 1.68. The zero-order valence-electron chi connectivity index (χ0n) is 14.4. The van der Waals surface area contributed by atoms with Crippen molar-refractivity contribution in [1.29, 1.82) is 0 Å². The number of ether oxygens (including phenoxy) is 1. The highest BCUT2D eigenvalue weighted by molar-refractivity contribution is 5.16. The van der Waals surface area contributed by atoms with Crippen LogP contribution in [-0.2, 0) is 11.2 Å². The van der Waals surface area contributed by atoms with Crippen LogP contribution in [0.15, 0.2) is 28.8 Å². The van der Waals surface area contributed by atoms with Crippen LogP contribution in [0.1, 0.15) is 43.1 Å². The average Bonchev–Trinajstić information content (AvgIpc) is 3.18. The minimum Gasteiger partial charge on any atom is -0.380 e. The summed E-state index contributed by atoms with van der Waals surface area (Å²) in [5.74, 6) is 1.13. The summed E-state index contributed by atoms with van der Waals surface area (Å²) in [6.07, 6.45) is 2.79. The van der Waals surface area contributed by atoms with E-state index < -0.39 is 0 Å². The van der Waals surface area contributed by atoms with Crippen LogP contribution in [0.25, 0.3) is 0 Å². The number of benzene rings is 1. The Hall–Kier alpha value is -1.79. The Morgan fingerprint density at radius 2 is 2.29 bits per heavy atom. The monoisotopic (exact) mass is 333 g/mol. The molecule has 0 aliphatic carbocycles. The van der Waals surface area contributed by atoms with E-state index in [1.807, 2.05) is 13.0 Å². The SMILES string of the molecule is CO[C@@H]1C[C@H](c2nc(C)no2)N([C@@H](C)CCc2cccc(F)c2)C1. The molecule has 0 bridgehead atoms. The molecule has 3 atom stereocenters. The molecule has 3 rings (SSSR count). The Bertz CT molecular complexity index is 676. The van der Waals surface area contributed by atoms with Gasteiger partial charge < -0.3 is 9.26 Å². The standard InChI is InChI=1S/C18H24FN3O2/c1-12(7-8-14-5-4-6-15(19)9-14)22-11-16(23-3)10-17(22)18-20-13(2)21-24-18/h4-6,9,12,16-17H,7-8,10-11H2,1-3H3/t12-,16+,17+/m0/s1. The van der Waals surface area contributed by atoms with Gasteiger partial charge in [0.25, 0.3) is 0 Å². The first-order valence-corrected chi connectivity index (χ1v) is 8.40. The van der Waals surface area contributed by atoms with Gasteiger partial charge in [0.2, 0.25) is 5.89 Å². The molecule has 0 amide bonds. The van der Waals surface area contributed by atoms with Crippen LogP contribution < -0.4 is 0 Å². The fraction of sp³-hybridized carbons (Fsp3) is 0.556. The highest BCUT2D eigenvalue weighted by Gasteiger charge is 2.38. The lowest BCUT2D eigenvalue weighted by Crippen LogP contribution is -2.34. The van der Waals surface area contributed by atoms with Crippen molar-refractivity contribution >= 4 is 0 Å². The molecule has 130 valence electrons.